The highest BCUT2D eigenvalue weighted by Gasteiger charge is 2.24. The molecule has 1 aromatic heterocycles. The van der Waals surface area contributed by atoms with Gasteiger partial charge in [0.15, 0.2) is 0 Å². The maximum absolute atomic E-state index is 11.0. The van der Waals surface area contributed by atoms with Crippen molar-refractivity contribution < 1.29 is 4.79 Å². The molecule has 0 saturated heterocycles. The third kappa shape index (κ3) is 2.53. The molecule has 1 amide bonds. The molecule has 0 fully saturated rings. The van der Waals surface area contributed by atoms with Gasteiger partial charge in [0, 0.05) is 7.05 Å². The Balaban J connectivity index is 2.65. The summed E-state index contributed by atoms with van der Waals surface area (Å²) in [6, 6.07) is 0. The van der Waals surface area contributed by atoms with Gasteiger partial charge < -0.3 is 10.3 Å². The normalized spacial score (nSPS) is 11.7. The standard InChI is InChI=1S/C9H17N5O/c1-6-12-13-7(14(6)4)5-11-9(2,3)8(10)15/h11H,5H2,1-4H3,(H2,10,15). The van der Waals surface area contributed by atoms with Crippen LogP contribution in [0.25, 0.3) is 0 Å². The Morgan fingerprint density at radius 3 is 2.53 bits per heavy atom. The van der Waals surface area contributed by atoms with Gasteiger partial charge in [-0.1, -0.05) is 0 Å². The minimum Gasteiger partial charge on any atom is -0.368 e. The Hall–Kier alpha value is -1.43. The fourth-order valence-electron chi connectivity index (χ4n) is 0.992. The van der Waals surface area contributed by atoms with Gasteiger partial charge in [0.05, 0.1) is 12.1 Å². The summed E-state index contributed by atoms with van der Waals surface area (Å²) in [5.41, 5.74) is 4.50. The van der Waals surface area contributed by atoms with Gasteiger partial charge in [-0.15, -0.1) is 10.2 Å². The summed E-state index contributed by atoms with van der Waals surface area (Å²) in [7, 11) is 1.88. The molecule has 0 unspecified atom stereocenters. The molecule has 15 heavy (non-hydrogen) atoms. The second-order valence-corrected chi connectivity index (χ2v) is 4.07. The SMILES string of the molecule is Cc1nnc(CNC(C)(C)C(N)=O)n1C. The fourth-order valence-corrected chi connectivity index (χ4v) is 0.992. The molecule has 0 spiro atoms. The van der Waals surface area contributed by atoms with Crippen molar-refractivity contribution in [3.8, 4) is 0 Å². The highest BCUT2D eigenvalue weighted by Crippen LogP contribution is 2.03. The molecule has 0 aliphatic carbocycles. The molecular weight excluding hydrogens is 194 g/mol. The van der Waals surface area contributed by atoms with Crippen LogP contribution in [0.4, 0.5) is 0 Å². The molecule has 6 heteroatoms. The minimum atomic E-state index is -0.736. The van der Waals surface area contributed by atoms with Gasteiger partial charge in [0.1, 0.15) is 11.6 Å². The second-order valence-electron chi connectivity index (χ2n) is 4.07. The third-order valence-corrected chi connectivity index (χ3v) is 2.49. The number of nitrogens with one attached hydrogen (secondary N) is 1. The van der Waals surface area contributed by atoms with Crippen molar-refractivity contribution in [2.24, 2.45) is 12.8 Å². The number of amides is 1. The van der Waals surface area contributed by atoms with Crippen LogP contribution in [0.5, 0.6) is 0 Å². The molecule has 6 nitrogen and oxygen atoms in total. The molecule has 3 N–H and O–H groups in total. The van der Waals surface area contributed by atoms with E-state index in [0.29, 0.717) is 6.54 Å². The van der Waals surface area contributed by atoms with Gasteiger partial charge in [-0.3, -0.25) is 10.1 Å². The second kappa shape index (κ2) is 3.98. The summed E-state index contributed by atoms with van der Waals surface area (Å²) in [5, 5.41) is 10.9. The quantitative estimate of drug-likeness (QED) is 0.701. The van der Waals surface area contributed by atoms with Crippen LogP contribution >= 0.6 is 0 Å². The first kappa shape index (κ1) is 11.6. The van der Waals surface area contributed by atoms with E-state index in [9.17, 15) is 4.79 Å². The van der Waals surface area contributed by atoms with Gasteiger partial charge in [-0.25, -0.2) is 0 Å². The molecule has 1 aromatic rings. The summed E-state index contributed by atoms with van der Waals surface area (Å²) < 4.78 is 1.87. The first-order valence-electron chi connectivity index (χ1n) is 4.74. The van der Waals surface area contributed by atoms with Gasteiger partial charge in [-0.2, -0.15) is 0 Å². The van der Waals surface area contributed by atoms with E-state index in [1.165, 1.54) is 0 Å². The Morgan fingerprint density at radius 1 is 1.53 bits per heavy atom. The molecule has 0 bridgehead atoms. The van der Waals surface area contributed by atoms with Gasteiger partial charge in [0.25, 0.3) is 0 Å². The highest BCUT2D eigenvalue weighted by atomic mass is 16.1. The number of aromatic nitrogens is 3. The Kier molecular flexibility index (Phi) is 3.09. The lowest BCUT2D eigenvalue weighted by atomic mass is 10.1. The number of carbonyl (C=O) groups excluding carboxylic acids is 1. The summed E-state index contributed by atoms with van der Waals surface area (Å²) in [4.78, 5) is 11.0. The fraction of sp³-hybridized carbons (Fsp3) is 0.667. The van der Waals surface area contributed by atoms with Crippen LogP contribution in [-0.2, 0) is 18.4 Å². The summed E-state index contributed by atoms with van der Waals surface area (Å²) in [6.45, 7) is 5.81. The van der Waals surface area contributed by atoms with Crippen LogP contribution in [0.1, 0.15) is 25.5 Å². The average molecular weight is 211 g/mol. The molecule has 0 aromatic carbocycles. The van der Waals surface area contributed by atoms with E-state index in [1.807, 2.05) is 18.5 Å². The van der Waals surface area contributed by atoms with Crippen molar-refractivity contribution in [1.82, 2.24) is 20.1 Å². The maximum atomic E-state index is 11.0. The van der Waals surface area contributed by atoms with Crippen molar-refractivity contribution in [2.75, 3.05) is 0 Å². The molecule has 1 heterocycles. The molecular formula is C9H17N5O. The number of nitrogens with two attached hydrogens (primary N) is 1. The lowest BCUT2D eigenvalue weighted by Gasteiger charge is -2.21. The highest BCUT2D eigenvalue weighted by molar-refractivity contribution is 5.83. The molecule has 0 saturated carbocycles. The number of hydrogen-bond donors (Lipinski definition) is 2. The van der Waals surface area contributed by atoms with E-state index in [-0.39, 0.29) is 5.91 Å². The van der Waals surface area contributed by atoms with E-state index >= 15 is 0 Å². The van der Waals surface area contributed by atoms with Crippen molar-refractivity contribution in [3.63, 3.8) is 0 Å². The van der Waals surface area contributed by atoms with Crippen LogP contribution in [0.2, 0.25) is 0 Å². The Morgan fingerprint density at radius 2 is 2.13 bits per heavy atom. The smallest absolute Gasteiger partial charge is 0.237 e. The van der Waals surface area contributed by atoms with Crippen molar-refractivity contribution >= 4 is 5.91 Å². The molecule has 84 valence electrons. The molecule has 0 atom stereocenters. The van der Waals surface area contributed by atoms with E-state index in [2.05, 4.69) is 15.5 Å². The number of aryl methyl sites for hydroxylation is 1. The zero-order valence-electron chi connectivity index (χ0n) is 9.53. The van der Waals surface area contributed by atoms with E-state index in [4.69, 9.17) is 5.73 Å². The van der Waals surface area contributed by atoms with Crippen LogP contribution in [-0.4, -0.2) is 26.2 Å². The molecule has 0 radical (unpaired) electrons. The monoisotopic (exact) mass is 211 g/mol. The first-order chi connectivity index (χ1) is 6.84. The maximum Gasteiger partial charge on any atom is 0.237 e. The van der Waals surface area contributed by atoms with E-state index < -0.39 is 5.54 Å². The lowest BCUT2D eigenvalue weighted by molar-refractivity contribution is -0.123. The van der Waals surface area contributed by atoms with Crippen molar-refractivity contribution in [1.29, 1.82) is 0 Å². The number of primary amides is 1. The number of hydrogen-bond acceptors (Lipinski definition) is 4. The third-order valence-electron chi connectivity index (χ3n) is 2.49. The van der Waals surface area contributed by atoms with Crippen LogP contribution in [0, 0.1) is 6.92 Å². The lowest BCUT2D eigenvalue weighted by Crippen LogP contribution is -2.50. The average Bonchev–Trinajstić information content (AvgIpc) is 2.45. The predicted octanol–water partition coefficient (Wildman–Crippen LogP) is -0.523. The Bertz CT molecular complexity index is 369. The summed E-state index contributed by atoms with van der Waals surface area (Å²) >= 11 is 0. The van der Waals surface area contributed by atoms with Crippen molar-refractivity contribution in [3.05, 3.63) is 11.6 Å². The summed E-state index contributed by atoms with van der Waals surface area (Å²) in [6.07, 6.45) is 0. The van der Waals surface area contributed by atoms with Gasteiger partial charge in [0.2, 0.25) is 5.91 Å². The van der Waals surface area contributed by atoms with Crippen LogP contribution < -0.4 is 11.1 Å². The van der Waals surface area contributed by atoms with Crippen LogP contribution in [0.15, 0.2) is 0 Å². The molecule has 0 aliphatic rings. The zero-order valence-corrected chi connectivity index (χ0v) is 9.53. The largest absolute Gasteiger partial charge is 0.368 e. The predicted molar refractivity (Wildman–Crippen MR) is 55.9 cm³/mol. The van der Waals surface area contributed by atoms with Gasteiger partial charge in [-0.05, 0) is 20.8 Å². The topological polar surface area (TPSA) is 85.8 Å². The molecule has 0 aliphatic heterocycles. The number of nitrogens with zero attached hydrogens (tertiary/aromatic N) is 3. The number of rotatable bonds is 4. The minimum absolute atomic E-state index is 0.388. The summed E-state index contributed by atoms with van der Waals surface area (Å²) in [5.74, 6) is 1.23. The number of carbonyl (C=O) groups is 1. The van der Waals surface area contributed by atoms with Gasteiger partial charge >= 0.3 is 0 Å². The zero-order chi connectivity index (χ0) is 11.6. The van der Waals surface area contributed by atoms with E-state index in [0.717, 1.165) is 11.6 Å². The van der Waals surface area contributed by atoms with Crippen LogP contribution in [0.3, 0.4) is 0 Å². The molecule has 1 rings (SSSR count). The van der Waals surface area contributed by atoms with E-state index in [1.54, 1.807) is 13.8 Å². The Labute approximate surface area is 88.9 Å². The first-order valence-corrected chi connectivity index (χ1v) is 4.74. The van der Waals surface area contributed by atoms with Crippen molar-refractivity contribution in [2.45, 2.75) is 32.9 Å².